The molecular weight excluding hydrogens is 260 g/mol. The van der Waals surface area contributed by atoms with Gasteiger partial charge in [-0.15, -0.1) is 0 Å². The van der Waals surface area contributed by atoms with Crippen LogP contribution in [0.2, 0.25) is 0 Å². The third kappa shape index (κ3) is 7.61. The Kier molecular flexibility index (Phi) is 8.19. The molecule has 0 saturated carbocycles. The number of hydrogen-bond donors (Lipinski definition) is 1. The zero-order valence-electron chi connectivity index (χ0n) is 11.7. The van der Waals surface area contributed by atoms with E-state index in [-0.39, 0.29) is 6.42 Å². The molecule has 0 aliphatic carbocycles. The molecule has 5 heteroatoms. The van der Waals surface area contributed by atoms with Crippen molar-refractivity contribution in [1.82, 2.24) is 0 Å². The van der Waals surface area contributed by atoms with Gasteiger partial charge in [-0.1, -0.05) is 6.42 Å². The van der Waals surface area contributed by atoms with Crippen LogP contribution in [0.1, 0.15) is 50.0 Å². The first-order valence-electron chi connectivity index (χ1n) is 7.07. The molecule has 0 saturated heterocycles. The molecule has 0 unspecified atom stereocenters. The molecule has 1 aromatic rings. The molecule has 0 atom stereocenters. The summed E-state index contributed by atoms with van der Waals surface area (Å²) in [4.78, 5) is 20.3. The molecule has 20 heavy (non-hydrogen) atoms. The highest BCUT2D eigenvalue weighted by Gasteiger charge is 2.03. The fraction of sp³-hybridized carbons (Fsp3) is 0.600. The molecule has 1 aromatic heterocycles. The number of furan rings is 1. The fourth-order valence-corrected chi connectivity index (χ4v) is 1.98. The number of aryl methyl sites for hydroxylation is 2. The number of carboxylic acids is 1. The minimum absolute atomic E-state index is 0.242. The largest absolute Gasteiger partial charge is 0.481 e. The maximum Gasteiger partial charge on any atom is 0.303 e. The molecule has 0 aliphatic heterocycles. The standard InChI is InChI=1S/C15H22O5/c16-12-19-11-5-4-7-14-10-9-13(20-14)6-2-1-3-8-15(17)18/h9-10,12H,1-8,11H2,(H,17,18). The molecule has 0 aliphatic rings. The van der Waals surface area contributed by atoms with Crippen molar-refractivity contribution in [3.63, 3.8) is 0 Å². The van der Waals surface area contributed by atoms with Gasteiger partial charge in [-0.25, -0.2) is 0 Å². The first kappa shape index (κ1) is 16.3. The van der Waals surface area contributed by atoms with Gasteiger partial charge in [0.1, 0.15) is 11.5 Å². The molecule has 1 heterocycles. The second kappa shape index (κ2) is 10.1. The Balaban J connectivity index is 2.09. The Bertz CT molecular complexity index is 397. The predicted octanol–water partition coefficient (Wildman–Crippen LogP) is 2.96. The van der Waals surface area contributed by atoms with Gasteiger partial charge in [-0.05, 0) is 37.8 Å². The molecule has 0 spiro atoms. The Morgan fingerprint density at radius 1 is 1.10 bits per heavy atom. The van der Waals surface area contributed by atoms with E-state index in [0.717, 1.165) is 56.5 Å². The van der Waals surface area contributed by atoms with Crippen molar-refractivity contribution < 1.29 is 23.8 Å². The van der Waals surface area contributed by atoms with Gasteiger partial charge in [-0.3, -0.25) is 9.59 Å². The maximum absolute atomic E-state index is 10.4. The lowest BCUT2D eigenvalue weighted by Crippen LogP contribution is -1.94. The quantitative estimate of drug-likeness (QED) is 0.471. The van der Waals surface area contributed by atoms with Crippen molar-refractivity contribution in [2.45, 2.75) is 51.4 Å². The van der Waals surface area contributed by atoms with Crippen LogP contribution in [-0.4, -0.2) is 24.2 Å². The summed E-state index contributed by atoms with van der Waals surface area (Å²) in [6.45, 7) is 0.927. The topological polar surface area (TPSA) is 76.7 Å². The second-order valence-corrected chi connectivity index (χ2v) is 4.75. The van der Waals surface area contributed by atoms with E-state index in [1.165, 1.54) is 0 Å². The van der Waals surface area contributed by atoms with Crippen molar-refractivity contribution >= 4 is 12.4 Å². The van der Waals surface area contributed by atoms with Gasteiger partial charge in [0.2, 0.25) is 0 Å². The number of carbonyl (C=O) groups is 2. The van der Waals surface area contributed by atoms with Crippen LogP contribution in [0.3, 0.4) is 0 Å². The van der Waals surface area contributed by atoms with Crippen molar-refractivity contribution in [2.75, 3.05) is 6.61 Å². The van der Waals surface area contributed by atoms with Gasteiger partial charge < -0.3 is 14.3 Å². The van der Waals surface area contributed by atoms with Gasteiger partial charge >= 0.3 is 5.97 Å². The molecule has 5 nitrogen and oxygen atoms in total. The first-order chi connectivity index (χ1) is 9.72. The summed E-state index contributed by atoms with van der Waals surface area (Å²) in [5.41, 5.74) is 0. The summed E-state index contributed by atoms with van der Waals surface area (Å²) in [6.07, 6.45) is 6.29. The highest BCUT2D eigenvalue weighted by atomic mass is 16.5. The van der Waals surface area contributed by atoms with Crippen LogP contribution in [0.5, 0.6) is 0 Å². The number of carbonyl (C=O) groups excluding carboxylic acids is 1. The molecular formula is C15H22O5. The van der Waals surface area contributed by atoms with E-state index >= 15 is 0 Å². The van der Waals surface area contributed by atoms with Crippen LogP contribution in [0.25, 0.3) is 0 Å². The van der Waals surface area contributed by atoms with Gasteiger partial charge in [0.05, 0.1) is 6.61 Å². The van der Waals surface area contributed by atoms with E-state index in [1.807, 2.05) is 12.1 Å². The number of aliphatic carboxylic acids is 1. The predicted molar refractivity (Wildman–Crippen MR) is 73.5 cm³/mol. The van der Waals surface area contributed by atoms with Crippen LogP contribution < -0.4 is 0 Å². The molecule has 0 radical (unpaired) electrons. The van der Waals surface area contributed by atoms with E-state index in [9.17, 15) is 9.59 Å². The van der Waals surface area contributed by atoms with Gasteiger partial charge in [0, 0.05) is 19.3 Å². The van der Waals surface area contributed by atoms with Crippen molar-refractivity contribution in [1.29, 1.82) is 0 Å². The summed E-state index contributed by atoms with van der Waals surface area (Å²) < 4.78 is 10.3. The van der Waals surface area contributed by atoms with E-state index in [2.05, 4.69) is 4.74 Å². The Morgan fingerprint density at radius 3 is 2.35 bits per heavy atom. The summed E-state index contributed by atoms with van der Waals surface area (Å²) in [7, 11) is 0. The number of ether oxygens (including phenoxy) is 1. The fourth-order valence-electron chi connectivity index (χ4n) is 1.98. The van der Waals surface area contributed by atoms with Crippen LogP contribution in [-0.2, 0) is 27.2 Å². The van der Waals surface area contributed by atoms with Gasteiger partial charge in [0.25, 0.3) is 6.47 Å². The van der Waals surface area contributed by atoms with Crippen LogP contribution in [0.15, 0.2) is 16.5 Å². The zero-order chi connectivity index (χ0) is 14.6. The van der Waals surface area contributed by atoms with Crippen molar-refractivity contribution in [2.24, 2.45) is 0 Å². The summed E-state index contributed by atoms with van der Waals surface area (Å²) in [6, 6.07) is 3.96. The lowest BCUT2D eigenvalue weighted by molar-refractivity contribution is -0.137. The number of rotatable bonds is 12. The lowest BCUT2D eigenvalue weighted by atomic mass is 10.1. The summed E-state index contributed by atoms with van der Waals surface area (Å²) >= 11 is 0. The normalized spacial score (nSPS) is 10.4. The monoisotopic (exact) mass is 282 g/mol. The van der Waals surface area contributed by atoms with Gasteiger partial charge in [0.15, 0.2) is 0 Å². The third-order valence-electron chi connectivity index (χ3n) is 3.03. The number of unbranched alkanes of at least 4 members (excludes halogenated alkanes) is 3. The molecule has 112 valence electrons. The highest BCUT2D eigenvalue weighted by molar-refractivity contribution is 5.66. The maximum atomic E-state index is 10.4. The van der Waals surface area contributed by atoms with Crippen molar-refractivity contribution in [3.05, 3.63) is 23.7 Å². The average molecular weight is 282 g/mol. The molecule has 1 rings (SSSR count). The first-order valence-corrected chi connectivity index (χ1v) is 7.07. The van der Waals surface area contributed by atoms with Crippen molar-refractivity contribution in [3.8, 4) is 0 Å². The smallest absolute Gasteiger partial charge is 0.303 e. The summed E-state index contributed by atoms with van der Waals surface area (Å²) in [5, 5.41) is 8.52. The van der Waals surface area contributed by atoms with Crippen LogP contribution in [0, 0.1) is 0 Å². The second-order valence-electron chi connectivity index (χ2n) is 4.75. The molecule has 0 fully saturated rings. The molecule has 1 N–H and O–H groups in total. The number of hydrogen-bond acceptors (Lipinski definition) is 4. The molecule has 0 amide bonds. The minimum atomic E-state index is -0.733. The Morgan fingerprint density at radius 2 is 1.75 bits per heavy atom. The zero-order valence-corrected chi connectivity index (χ0v) is 11.7. The van der Waals surface area contributed by atoms with E-state index in [1.54, 1.807) is 0 Å². The summed E-state index contributed by atoms with van der Waals surface area (Å²) in [5.74, 6) is 1.18. The third-order valence-corrected chi connectivity index (χ3v) is 3.03. The number of carboxylic acid groups (broad SMARTS) is 1. The minimum Gasteiger partial charge on any atom is -0.481 e. The molecule has 0 bridgehead atoms. The Labute approximate surface area is 118 Å². The van der Waals surface area contributed by atoms with E-state index < -0.39 is 5.97 Å². The van der Waals surface area contributed by atoms with Crippen LogP contribution in [0.4, 0.5) is 0 Å². The Hall–Kier alpha value is -1.78. The van der Waals surface area contributed by atoms with Gasteiger partial charge in [-0.2, -0.15) is 0 Å². The van der Waals surface area contributed by atoms with Crippen LogP contribution >= 0.6 is 0 Å². The van der Waals surface area contributed by atoms with E-state index in [4.69, 9.17) is 9.52 Å². The average Bonchev–Trinajstić information content (AvgIpc) is 2.86. The SMILES string of the molecule is O=COCCCCc1ccc(CCCCCC(=O)O)o1. The highest BCUT2D eigenvalue weighted by Crippen LogP contribution is 2.14. The van der Waals surface area contributed by atoms with E-state index in [0.29, 0.717) is 13.1 Å². The molecule has 0 aromatic carbocycles. The lowest BCUT2D eigenvalue weighted by Gasteiger charge is -1.99.